The van der Waals surface area contributed by atoms with Crippen LogP contribution >= 0.6 is 15.9 Å². The maximum atomic E-state index is 13.0. The number of amides is 1. The first-order valence-electron chi connectivity index (χ1n) is 8.09. The molecule has 0 bridgehead atoms. The number of carbonyl (C=O) groups excluding carboxylic acids is 2. The molecule has 0 saturated heterocycles. The average molecular weight is 402 g/mol. The third-order valence-corrected chi connectivity index (χ3v) is 5.61. The maximum absolute atomic E-state index is 13.0. The van der Waals surface area contributed by atoms with E-state index in [0.717, 1.165) is 26.7 Å². The minimum absolute atomic E-state index is 0.229. The molecule has 0 fully saturated rings. The number of nitrogens with one attached hydrogen (secondary N) is 1. The highest BCUT2D eigenvalue weighted by Crippen LogP contribution is 2.41. The highest BCUT2D eigenvalue weighted by molar-refractivity contribution is 9.10. The Kier molecular flexibility index (Phi) is 4.33. The van der Waals surface area contributed by atoms with Crippen molar-refractivity contribution >= 4 is 33.3 Å². The molecule has 5 heteroatoms. The summed E-state index contributed by atoms with van der Waals surface area (Å²) in [6.07, 6.45) is -0.285. The third-order valence-electron chi connectivity index (χ3n) is 5.11. The number of aliphatic hydroxyl groups is 1. The van der Waals surface area contributed by atoms with Crippen LogP contribution in [0.5, 0.6) is 0 Å². The Labute approximate surface area is 155 Å². The Bertz CT molecular complexity index is 893. The van der Waals surface area contributed by atoms with Crippen LogP contribution in [0.2, 0.25) is 0 Å². The van der Waals surface area contributed by atoms with E-state index in [-0.39, 0.29) is 12.2 Å². The van der Waals surface area contributed by atoms with Crippen LogP contribution in [0, 0.1) is 27.7 Å². The van der Waals surface area contributed by atoms with Crippen LogP contribution in [0.4, 0.5) is 5.69 Å². The summed E-state index contributed by atoms with van der Waals surface area (Å²) >= 11 is 3.35. The lowest BCUT2D eigenvalue weighted by Crippen LogP contribution is -2.36. The molecule has 3 rings (SSSR count). The summed E-state index contributed by atoms with van der Waals surface area (Å²) in [4.78, 5) is 25.4. The summed E-state index contributed by atoms with van der Waals surface area (Å²) in [5, 5.41) is 13.7. The van der Waals surface area contributed by atoms with Crippen molar-refractivity contribution in [3.63, 3.8) is 0 Å². The SMILES string of the molecule is Cc1cc(C)c(C)c(C(=O)C[C@@]2(O)C(=O)Nc3ccc(Br)cc32)c1C. The predicted molar refractivity (Wildman–Crippen MR) is 101 cm³/mol. The summed E-state index contributed by atoms with van der Waals surface area (Å²) in [6.45, 7) is 7.72. The highest BCUT2D eigenvalue weighted by atomic mass is 79.9. The lowest BCUT2D eigenvalue weighted by molar-refractivity contribution is -0.133. The molecule has 2 N–H and O–H groups in total. The van der Waals surface area contributed by atoms with Crippen LogP contribution in [0.15, 0.2) is 28.7 Å². The highest BCUT2D eigenvalue weighted by Gasteiger charge is 2.47. The molecule has 2 aromatic carbocycles. The van der Waals surface area contributed by atoms with E-state index in [1.54, 1.807) is 18.2 Å². The van der Waals surface area contributed by atoms with Crippen LogP contribution in [-0.4, -0.2) is 16.8 Å². The minimum Gasteiger partial charge on any atom is -0.375 e. The molecule has 2 aromatic rings. The topological polar surface area (TPSA) is 66.4 Å². The number of fused-ring (bicyclic) bond motifs is 1. The van der Waals surface area contributed by atoms with Crippen molar-refractivity contribution in [1.29, 1.82) is 0 Å². The second-order valence-electron chi connectivity index (χ2n) is 6.74. The number of Topliss-reactive ketones (excluding diaryl/α,β-unsaturated/α-hetero) is 1. The van der Waals surface area contributed by atoms with Gasteiger partial charge >= 0.3 is 0 Å². The van der Waals surface area contributed by atoms with E-state index >= 15 is 0 Å². The van der Waals surface area contributed by atoms with Crippen molar-refractivity contribution in [2.45, 2.75) is 39.7 Å². The van der Waals surface area contributed by atoms with E-state index in [2.05, 4.69) is 21.2 Å². The zero-order valence-electron chi connectivity index (χ0n) is 14.7. The number of ketones is 1. The fraction of sp³-hybridized carbons (Fsp3) is 0.300. The lowest BCUT2D eigenvalue weighted by Gasteiger charge is -2.22. The molecule has 130 valence electrons. The Morgan fingerprint density at radius 1 is 1.12 bits per heavy atom. The van der Waals surface area contributed by atoms with Crippen molar-refractivity contribution in [3.8, 4) is 0 Å². The number of hydrogen-bond acceptors (Lipinski definition) is 3. The summed E-state index contributed by atoms with van der Waals surface area (Å²) in [5.41, 5.74) is 3.55. The number of hydrogen-bond donors (Lipinski definition) is 2. The van der Waals surface area contributed by atoms with E-state index in [1.807, 2.05) is 33.8 Å². The van der Waals surface area contributed by atoms with Crippen molar-refractivity contribution in [2.75, 3.05) is 5.32 Å². The molecule has 0 aliphatic carbocycles. The van der Waals surface area contributed by atoms with E-state index in [4.69, 9.17) is 0 Å². The van der Waals surface area contributed by atoms with Gasteiger partial charge in [-0.05, 0) is 68.1 Å². The average Bonchev–Trinajstić information content (AvgIpc) is 2.77. The number of aryl methyl sites for hydroxylation is 2. The number of carbonyl (C=O) groups is 2. The van der Waals surface area contributed by atoms with Gasteiger partial charge in [-0.1, -0.05) is 22.0 Å². The quantitative estimate of drug-likeness (QED) is 0.760. The second-order valence-corrected chi connectivity index (χ2v) is 7.66. The standard InChI is InChI=1S/C20H20BrNO3/c1-10-7-11(2)13(4)18(12(10)3)17(23)9-20(25)15-8-14(21)5-6-16(15)22-19(20)24/h5-8,25H,9H2,1-4H3,(H,22,24)/t20-/m0/s1. The fourth-order valence-electron chi connectivity index (χ4n) is 3.45. The van der Waals surface area contributed by atoms with Gasteiger partial charge in [0, 0.05) is 21.3 Å². The van der Waals surface area contributed by atoms with Gasteiger partial charge in [0.1, 0.15) is 0 Å². The minimum atomic E-state index is -1.85. The lowest BCUT2D eigenvalue weighted by atomic mass is 9.84. The molecular formula is C20H20BrNO3. The molecule has 0 spiro atoms. The van der Waals surface area contributed by atoms with E-state index in [0.29, 0.717) is 16.8 Å². The molecule has 1 aliphatic rings. The van der Waals surface area contributed by atoms with Gasteiger partial charge in [-0.2, -0.15) is 0 Å². The summed E-state index contributed by atoms with van der Waals surface area (Å²) in [5.74, 6) is -0.791. The summed E-state index contributed by atoms with van der Waals surface area (Å²) in [6, 6.07) is 7.23. The fourth-order valence-corrected chi connectivity index (χ4v) is 3.81. The normalized spacial score (nSPS) is 18.9. The zero-order chi connectivity index (χ0) is 18.5. The van der Waals surface area contributed by atoms with E-state index in [1.165, 1.54) is 0 Å². The largest absolute Gasteiger partial charge is 0.375 e. The van der Waals surface area contributed by atoms with Crippen molar-refractivity contribution in [1.82, 2.24) is 0 Å². The molecule has 4 nitrogen and oxygen atoms in total. The number of rotatable bonds is 3. The van der Waals surface area contributed by atoms with Crippen molar-refractivity contribution in [3.05, 3.63) is 62.1 Å². The monoisotopic (exact) mass is 401 g/mol. The number of benzene rings is 2. The van der Waals surface area contributed by atoms with Gasteiger partial charge in [0.05, 0.1) is 6.42 Å². The van der Waals surface area contributed by atoms with Crippen LogP contribution < -0.4 is 5.32 Å². The van der Waals surface area contributed by atoms with Crippen LogP contribution in [-0.2, 0) is 10.4 Å². The second kappa shape index (κ2) is 6.07. The summed E-state index contributed by atoms with van der Waals surface area (Å²) < 4.78 is 0.743. The van der Waals surface area contributed by atoms with Gasteiger partial charge in [-0.25, -0.2) is 0 Å². The van der Waals surface area contributed by atoms with Crippen LogP contribution in [0.1, 0.15) is 44.6 Å². The molecule has 1 atom stereocenters. The van der Waals surface area contributed by atoms with Gasteiger partial charge in [-0.15, -0.1) is 0 Å². The third kappa shape index (κ3) is 2.81. The smallest absolute Gasteiger partial charge is 0.261 e. The Hall–Kier alpha value is -1.98. The predicted octanol–water partition coefficient (Wildman–Crippen LogP) is 4.10. The Morgan fingerprint density at radius 2 is 1.72 bits per heavy atom. The number of halogens is 1. The molecule has 1 amide bonds. The molecule has 0 aromatic heterocycles. The molecule has 1 heterocycles. The van der Waals surface area contributed by atoms with E-state index < -0.39 is 11.5 Å². The van der Waals surface area contributed by atoms with Crippen molar-refractivity contribution in [2.24, 2.45) is 0 Å². The summed E-state index contributed by atoms with van der Waals surface area (Å²) in [7, 11) is 0. The first-order chi connectivity index (χ1) is 11.6. The molecule has 0 saturated carbocycles. The van der Waals surface area contributed by atoms with Gasteiger partial charge in [0.2, 0.25) is 0 Å². The first kappa shape index (κ1) is 17.8. The zero-order valence-corrected chi connectivity index (χ0v) is 16.2. The van der Waals surface area contributed by atoms with Gasteiger partial charge < -0.3 is 10.4 Å². The molecular weight excluding hydrogens is 382 g/mol. The van der Waals surface area contributed by atoms with E-state index in [9.17, 15) is 14.7 Å². The maximum Gasteiger partial charge on any atom is 0.261 e. The van der Waals surface area contributed by atoms with Crippen LogP contribution in [0.25, 0.3) is 0 Å². The van der Waals surface area contributed by atoms with Crippen molar-refractivity contribution < 1.29 is 14.7 Å². The number of anilines is 1. The molecule has 0 unspecified atom stereocenters. The van der Waals surface area contributed by atoms with Crippen LogP contribution in [0.3, 0.4) is 0 Å². The first-order valence-corrected chi connectivity index (χ1v) is 8.89. The molecule has 25 heavy (non-hydrogen) atoms. The Balaban J connectivity index is 2.06. The molecule has 0 radical (unpaired) electrons. The van der Waals surface area contributed by atoms with Gasteiger partial charge in [0.15, 0.2) is 11.4 Å². The van der Waals surface area contributed by atoms with Gasteiger partial charge in [-0.3, -0.25) is 9.59 Å². The Morgan fingerprint density at radius 3 is 2.32 bits per heavy atom. The van der Waals surface area contributed by atoms with Gasteiger partial charge in [0.25, 0.3) is 5.91 Å². The molecule has 1 aliphatic heterocycles.